The van der Waals surface area contributed by atoms with Gasteiger partial charge in [0.05, 0.1) is 6.61 Å². The fraction of sp³-hybridized carbons (Fsp3) is 0.625. The maximum Gasteiger partial charge on any atom is 0.122 e. The number of hydrogen-bond acceptors (Lipinski definition) is 1. The molecule has 0 unspecified atom stereocenters. The van der Waals surface area contributed by atoms with Gasteiger partial charge in [-0.2, -0.15) is 0 Å². The molecule has 0 aromatic rings. The van der Waals surface area contributed by atoms with Gasteiger partial charge in [-0.1, -0.05) is 59.3 Å². The Labute approximate surface area is 108 Å². The summed E-state index contributed by atoms with van der Waals surface area (Å²) in [6.45, 7) is 14.9. The van der Waals surface area contributed by atoms with Gasteiger partial charge >= 0.3 is 0 Å². The molecule has 0 saturated carbocycles. The lowest BCUT2D eigenvalue weighted by atomic mass is 10.1. The minimum Gasteiger partial charge on any atom is -0.493 e. The monoisotopic (exact) mass is 238 g/mol. The molecule has 1 aliphatic heterocycles. The minimum absolute atomic E-state index is 0.844. The van der Waals surface area contributed by atoms with E-state index in [1.807, 2.05) is 26.8 Å². The van der Waals surface area contributed by atoms with Crippen molar-refractivity contribution in [1.29, 1.82) is 0 Å². The summed E-state index contributed by atoms with van der Waals surface area (Å²) in [6.07, 6.45) is 10.7. The van der Waals surface area contributed by atoms with Gasteiger partial charge in [-0.15, -0.1) is 0 Å². The molecule has 0 aliphatic carbocycles. The second kappa shape index (κ2) is 15.0. The van der Waals surface area contributed by atoms with Crippen molar-refractivity contribution in [3.63, 3.8) is 0 Å². The number of allylic oxidation sites excluding steroid dienone is 4. The predicted molar refractivity (Wildman–Crippen MR) is 79.2 cm³/mol. The average Bonchev–Trinajstić information content (AvgIpc) is 2.42. The molecule has 0 radical (unpaired) electrons. The van der Waals surface area contributed by atoms with Crippen molar-refractivity contribution >= 4 is 0 Å². The van der Waals surface area contributed by atoms with Crippen molar-refractivity contribution in [3.05, 3.63) is 36.1 Å². The summed E-state index contributed by atoms with van der Waals surface area (Å²) in [4.78, 5) is 0. The number of hydrogen-bond donors (Lipinski definition) is 0. The third-order valence-electron chi connectivity index (χ3n) is 2.28. The van der Waals surface area contributed by atoms with Gasteiger partial charge in [0, 0.05) is 0 Å². The van der Waals surface area contributed by atoms with Gasteiger partial charge in [0.1, 0.15) is 5.76 Å². The topological polar surface area (TPSA) is 9.23 Å². The van der Waals surface area contributed by atoms with E-state index in [2.05, 4.69) is 26.5 Å². The van der Waals surface area contributed by atoms with Crippen LogP contribution in [0.3, 0.4) is 0 Å². The smallest absolute Gasteiger partial charge is 0.122 e. The van der Waals surface area contributed by atoms with E-state index in [0.29, 0.717) is 0 Å². The van der Waals surface area contributed by atoms with Crippen molar-refractivity contribution in [2.45, 2.75) is 60.3 Å². The molecule has 17 heavy (non-hydrogen) atoms. The lowest BCUT2D eigenvalue weighted by Gasteiger charge is -2.18. The number of rotatable bonds is 2. The molecule has 0 aromatic carbocycles. The highest BCUT2D eigenvalue weighted by Gasteiger charge is 2.09. The summed E-state index contributed by atoms with van der Waals surface area (Å²) in [5, 5.41) is 0. The Hall–Kier alpha value is -0.980. The third kappa shape index (κ3) is 9.92. The Kier molecular flexibility index (Phi) is 16.2. The molecule has 0 spiro atoms. The van der Waals surface area contributed by atoms with Crippen LogP contribution in [0.2, 0.25) is 0 Å². The Morgan fingerprint density at radius 2 is 1.82 bits per heavy atom. The van der Waals surface area contributed by atoms with Crippen molar-refractivity contribution < 1.29 is 4.74 Å². The van der Waals surface area contributed by atoms with Gasteiger partial charge in [-0.3, -0.25) is 0 Å². The van der Waals surface area contributed by atoms with Crippen molar-refractivity contribution in [1.82, 2.24) is 0 Å². The van der Waals surface area contributed by atoms with Crippen LogP contribution in [-0.4, -0.2) is 6.61 Å². The first kappa shape index (κ1) is 18.4. The van der Waals surface area contributed by atoms with Crippen LogP contribution in [-0.2, 0) is 4.74 Å². The highest BCUT2D eigenvalue weighted by Crippen LogP contribution is 2.22. The molecular weight excluding hydrogens is 208 g/mol. The number of unbranched alkanes of at least 4 members (excludes halogenated alkanes) is 1. The van der Waals surface area contributed by atoms with Crippen LogP contribution in [0.5, 0.6) is 0 Å². The molecule has 1 fully saturated rings. The van der Waals surface area contributed by atoms with E-state index in [9.17, 15) is 0 Å². The van der Waals surface area contributed by atoms with Gasteiger partial charge in [-0.25, -0.2) is 0 Å². The molecule has 0 atom stereocenters. The van der Waals surface area contributed by atoms with Gasteiger partial charge in [0.15, 0.2) is 0 Å². The summed E-state index contributed by atoms with van der Waals surface area (Å²) < 4.78 is 5.44. The van der Waals surface area contributed by atoms with E-state index in [4.69, 9.17) is 4.74 Å². The average molecular weight is 238 g/mol. The minimum atomic E-state index is 0.844. The van der Waals surface area contributed by atoms with Crippen LogP contribution >= 0.6 is 0 Å². The molecule has 0 bridgehead atoms. The van der Waals surface area contributed by atoms with E-state index in [1.54, 1.807) is 6.08 Å². The van der Waals surface area contributed by atoms with E-state index in [0.717, 1.165) is 25.2 Å². The van der Waals surface area contributed by atoms with Gasteiger partial charge in [0.25, 0.3) is 0 Å². The highest BCUT2D eigenvalue weighted by atomic mass is 16.5. The van der Waals surface area contributed by atoms with Gasteiger partial charge in [0.2, 0.25) is 0 Å². The van der Waals surface area contributed by atoms with Crippen LogP contribution in [0.4, 0.5) is 0 Å². The summed E-state index contributed by atoms with van der Waals surface area (Å²) in [7, 11) is 0. The summed E-state index contributed by atoms with van der Waals surface area (Å²) in [5.41, 5.74) is 1.30. The molecule has 1 heterocycles. The molecule has 0 N–H and O–H groups in total. The fourth-order valence-corrected chi connectivity index (χ4v) is 1.21. The van der Waals surface area contributed by atoms with Crippen LogP contribution in [0.1, 0.15) is 60.3 Å². The van der Waals surface area contributed by atoms with Crippen LogP contribution in [0.15, 0.2) is 36.1 Å². The Morgan fingerprint density at radius 3 is 2.24 bits per heavy atom. The van der Waals surface area contributed by atoms with E-state index >= 15 is 0 Å². The van der Waals surface area contributed by atoms with Crippen molar-refractivity contribution in [2.75, 3.05) is 6.61 Å². The SMILES string of the molecule is C=C/C=C1/OCCC/C1=C/C.CC.CCCC. The Balaban J connectivity index is 0. The van der Waals surface area contributed by atoms with Crippen LogP contribution in [0, 0.1) is 0 Å². The lowest BCUT2D eigenvalue weighted by Crippen LogP contribution is -2.05. The first-order valence-electron chi connectivity index (χ1n) is 6.91. The van der Waals surface area contributed by atoms with E-state index in [-0.39, 0.29) is 0 Å². The van der Waals surface area contributed by atoms with E-state index < -0.39 is 0 Å². The Bertz CT molecular complexity index is 222. The lowest BCUT2D eigenvalue weighted by molar-refractivity contribution is 0.194. The molecule has 1 heteroatoms. The second-order valence-electron chi connectivity index (χ2n) is 3.53. The quantitative estimate of drug-likeness (QED) is 0.604. The molecule has 0 aromatic heterocycles. The fourth-order valence-electron chi connectivity index (χ4n) is 1.21. The molecule has 1 aliphatic rings. The summed E-state index contributed by atoms with van der Waals surface area (Å²) >= 11 is 0. The highest BCUT2D eigenvalue weighted by molar-refractivity contribution is 5.29. The molecule has 1 saturated heterocycles. The normalized spacial score (nSPS) is 18.4. The molecule has 0 amide bonds. The zero-order chi connectivity index (χ0) is 13.5. The number of ether oxygens (including phenoxy) is 1. The van der Waals surface area contributed by atoms with Crippen LogP contribution < -0.4 is 0 Å². The zero-order valence-corrected chi connectivity index (χ0v) is 12.4. The molecule has 1 rings (SSSR count). The van der Waals surface area contributed by atoms with Gasteiger partial charge in [-0.05, 0) is 31.4 Å². The first-order chi connectivity index (χ1) is 8.29. The van der Waals surface area contributed by atoms with E-state index in [1.165, 1.54) is 18.4 Å². The molecule has 100 valence electrons. The molecular formula is C16H30O. The van der Waals surface area contributed by atoms with Crippen molar-refractivity contribution in [3.8, 4) is 0 Å². The van der Waals surface area contributed by atoms with Crippen molar-refractivity contribution in [2.24, 2.45) is 0 Å². The Morgan fingerprint density at radius 1 is 1.24 bits per heavy atom. The largest absolute Gasteiger partial charge is 0.493 e. The first-order valence-corrected chi connectivity index (χ1v) is 6.91. The van der Waals surface area contributed by atoms with Crippen LogP contribution in [0.25, 0.3) is 0 Å². The second-order valence-corrected chi connectivity index (χ2v) is 3.53. The third-order valence-corrected chi connectivity index (χ3v) is 2.28. The van der Waals surface area contributed by atoms with Gasteiger partial charge < -0.3 is 4.74 Å². The maximum absolute atomic E-state index is 5.44. The summed E-state index contributed by atoms with van der Waals surface area (Å²) in [5.74, 6) is 0.994. The summed E-state index contributed by atoms with van der Waals surface area (Å²) in [6, 6.07) is 0. The standard InChI is InChI=1S/C10H14O.C4H10.C2H6/c1-3-6-10-9(4-2)7-5-8-11-10;1-3-4-2;1-2/h3-4,6H,1,5,7-8H2,2H3;3-4H2,1-2H3;1-2H3/b9-4-,10-6+;;. The predicted octanol–water partition coefficient (Wildman–Crippen LogP) is 5.65. The maximum atomic E-state index is 5.44. The zero-order valence-electron chi connectivity index (χ0n) is 12.4. The molecule has 1 nitrogen and oxygen atoms in total.